The predicted octanol–water partition coefficient (Wildman–Crippen LogP) is 3.04. The van der Waals surface area contributed by atoms with Crippen molar-refractivity contribution < 1.29 is 18.3 Å². The fraction of sp³-hybridized carbons (Fsp3) is 0.455. The van der Waals surface area contributed by atoms with Crippen LogP contribution in [-0.4, -0.2) is 17.6 Å². The molecule has 6 heteroatoms. The standard InChI is InChI=1S/C11H12F2INO2/c1-3-17-9(16)4-7-6(2)8(10(12)13)5-15-11(7)14/h5,10H,3-4H2,1-2H3. The van der Waals surface area contributed by atoms with Gasteiger partial charge in [-0.1, -0.05) is 0 Å². The second-order valence-electron chi connectivity index (χ2n) is 3.39. The molecule has 0 amide bonds. The molecule has 0 fully saturated rings. The molecule has 0 radical (unpaired) electrons. The van der Waals surface area contributed by atoms with Gasteiger partial charge in [-0.05, 0) is 47.6 Å². The Morgan fingerprint density at radius 1 is 1.59 bits per heavy atom. The largest absolute Gasteiger partial charge is 0.466 e. The normalized spacial score (nSPS) is 10.7. The van der Waals surface area contributed by atoms with Crippen LogP contribution in [0.15, 0.2) is 6.20 Å². The third-order valence-electron chi connectivity index (χ3n) is 2.31. The molecular formula is C11H12F2INO2. The Labute approximate surface area is 112 Å². The summed E-state index contributed by atoms with van der Waals surface area (Å²) in [4.78, 5) is 15.2. The topological polar surface area (TPSA) is 39.2 Å². The van der Waals surface area contributed by atoms with Crippen molar-refractivity contribution in [2.24, 2.45) is 0 Å². The van der Waals surface area contributed by atoms with Crippen molar-refractivity contribution in [2.45, 2.75) is 26.7 Å². The van der Waals surface area contributed by atoms with Gasteiger partial charge in [0.2, 0.25) is 0 Å². The summed E-state index contributed by atoms with van der Waals surface area (Å²) in [6.45, 7) is 3.54. The summed E-state index contributed by atoms with van der Waals surface area (Å²) in [5.74, 6) is -0.429. The minimum absolute atomic E-state index is 0.0223. The van der Waals surface area contributed by atoms with Crippen LogP contribution in [0.2, 0.25) is 0 Å². The maximum atomic E-state index is 12.7. The molecule has 0 atom stereocenters. The zero-order valence-corrected chi connectivity index (χ0v) is 11.6. The number of rotatable bonds is 4. The van der Waals surface area contributed by atoms with Crippen molar-refractivity contribution >= 4 is 28.6 Å². The van der Waals surface area contributed by atoms with Crippen LogP contribution in [0.25, 0.3) is 0 Å². The second kappa shape index (κ2) is 6.23. The van der Waals surface area contributed by atoms with Gasteiger partial charge in [-0.2, -0.15) is 0 Å². The number of halogens is 3. The minimum atomic E-state index is -2.58. The van der Waals surface area contributed by atoms with Crippen LogP contribution in [0, 0.1) is 10.6 Å². The first-order valence-corrected chi connectivity index (χ1v) is 6.12. The first-order chi connectivity index (χ1) is 7.97. The highest BCUT2D eigenvalue weighted by Gasteiger charge is 2.18. The number of alkyl halides is 2. The third kappa shape index (κ3) is 3.58. The van der Waals surface area contributed by atoms with Gasteiger partial charge in [0.15, 0.2) is 0 Å². The van der Waals surface area contributed by atoms with Gasteiger partial charge in [0.05, 0.1) is 13.0 Å². The number of esters is 1. The lowest BCUT2D eigenvalue weighted by Crippen LogP contribution is -2.12. The van der Waals surface area contributed by atoms with Gasteiger partial charge in [0.25, 0.3) is 6.43 Å². The smallest absolute Gasteiger partial charge is 0.310 e. The number of pyridine rings is 1. The molecule has 0 saturated heterocycles. The van der Waals surface area contributed by atoms with E-state index in [-0.39, 0.29) is 18.6 Å². The van der Waals surface area contributed by atoms with Gasteiger partial charge < -0.3 is 4.74 Å². The third-order valence-corrected chi connectivity index (χ3v) is 3.24. The first kappa shape index (κ1) is 14.3. The SMILES string of the molecule is CCOC(=O)Cc1c(I)ncc(C(F)F)c1C. The van der Waals surface area contributed by atoms with E-state index in [2.05, 4.69) is 4.98 Å². The number of hydrogen-bond donors (Lipinski definition) is 0. The molecule has 0 bridgehead atoms. The average Bonchev–Trinajstić information content (AvgIpc) is 2.24. The minimum Gasteiger partial charge on any atom is -0.466 e. The molecule has 0 aromatic carbocycles. The van der Waals surface area contributed by atoms with Crippen molar-refractivity contribution in [1.82, 2.24) is 4.98 Å². The van der Waals surface area contributed by atoms with E-state index in [4.69, 9.17) is 4.74 Å². The molecule has 0 saturated carbocycles. The highest BCUT2D eigenvalue weighted by Crippen LogP contribution is 2.26. The molecule has 0 N–H and O–H groups in total. The van der Waals surface area contributed by atoms with Gasteiger partial charge in [-0.15, -0.1) is 0 Å². The van der Waals surface area contributed by atoms with Crippen molar-refractivity contribution in [3.05, 3.63) is 26.6 Å². The van der Waals surface area contributed by atoms with E-state index in [1.54, 1.807) is 13.8 Å². The fourth-order valence-electron chi connectivity index (χ4n) is 1.41. The monoisotopic (exact) mass is 355 g/mol. The van der Waals surface area contributed by atoms with Crippen molar-refractivity contribution in [3.8, 4) is 0 Å². The summed E-state index contributed by atoms with van der Waals surface area (Å²) in [7, 11) is 0. The summed E-state index contributed by atoms with van der Waals surface area (Å²) in [6, 6.07) is 0. The van der Waals surface area contributed by atoms with Crippen LogP contribution in [0.1, 0.15) is 30.0 Å². The summed E-state index contributed by atoms with van der Waals surface area (Å²) >= 11 is 1.92. The lowest BCUT2D eigenvalue weighted by atomic mass is 10.0. The molecular weight excluding hydrogens is 343 g/mol. The molecule has 1 rings (SSSR count). The number of carbonyl (C=O) groups excluding carboxylic acids is 1. The molecule has 0 aliphatic rings. The van der Waals surface area contributed by atoms with Crippen molar-refractivity contribution in [2.75, 3.05) is 6.61 Å². The maximum absolute atomic E-state index is 12.7. The highest BCUT2D eigenvalue weighted by molar-refractivity contribution is 14.1. The van der Waals surface area contributed by atoms with Crippen LogP contribution in [-0.2, 0) is 16.0 Å². The number of aromatic nitrogens is 1. The molecule has 1 heterocycles. The van der Waals surface area contributed by atoms with Gasteiger partial charge in [-0.25, -0.2) is 13.8 Å². The fourth-order valence-corrected chi connectivity index (χ4v) is 2.15. The number of nitrogens with zero attached hydrogens (tertiary/aromatic N) is 1. The van der Waals surface area contributed by atoms with E-state index in [0.717, 1.165) is 6.20 Å². The molecule has 0 unspecified atom stereocenters. The van der Waals surface area contributed by atoms with Crippen molar-refractivity contribution in [3.63, 3.8) is 0 Å². The first-order valence-electron chi connectivity index (χ1n) is 5.05. The number of ether oxygens (including phenoxy) is 1. The highest BCUT2D eigenvalue weighted by atomic mass is 127. The molecule has 1 aromatic heterocycles. The van der Waals surface area contributed by atoms with E-state index >= 15 is 0 Å². The van der Waals surface area contributed by atoms with Crippen LogP contribution < -0.4 is 0 Å². The van der Waals surface area contributed by atoms with E-state index in [1.807, 2.05) is 22.6 Å². The predicted molar refractivity (Wildman–Crippen MR) is 67.0 cm³/mol. The van der Waals surface area contributed by atoms with E-state index in [0.29, 0.717) is 14.8 Å². The van der Waals surface area contributed by atoms with Crippen LogP contribution in [0.3, 0.4) is 0 Å². The van der Waals surface area contributed by atoms with Gasteiger partial charge in [-0.3, -0.25) is 4.79 Å². The molecule has 94 valence electrons. The van der Waals surface area contributed by atoms with E-state index in [1.165, 1.54) is 0 Å². The van der Waals surface area contributed by atoms with Crippen LogP contribution in [0.5, 0.6) is 0 Å². The zero-order chi connectivity index (χ0) is 13.0. The Bertz CT molecular complexity index is 424. The molecule has 0 spiro atoms. The molecule has 1 aromatic rings. The molecule has 0 aliphatic heterocycles. The Balaban J connectivity index is 3.05. The van der Waals surface area contributed by atoms with E-state index < -0.39 is 12.4 Å². The van der Waals surface area contributed by atoms with Gasteiger partial charge in [0.1, 0.15) is 3.70 Å². The van der Waals surface area contributed by atoms with Gasteiger partial charge >= 0.3 is 5.97 Å². The summed E-state index contributed by atoms with van der Waals surface area (Å²) < 4.78 is 30.7. The Morgan fingerprint density at radius 3 is 2.76 bits per heavy atom. The second-order valence-corrected chi connectivity index (χ2v) is 4.41. The lowest BCUT2D eigenvalue weighted by molar-refractivity contribution is -0.142. The number of carbonyl (C=O) groups is 1. The Kier molecular flexibility index (Phi) is 5.23. The van der Waals surface area contributed by atoms with Gasteiger partial charge in [0, 0.05) is 11.8 Å². The van der Waals surface area contributed by atoms with E-state index in [9.17, 15) is 13.6 Å². The van der Waals surface area contributed by atoms with Crippen LogP contribution in [0.4, 0.5) is 8.78 Å². The molecule has 17 heavy (non-hydrogen) atoms. The molecule has 3 nitrogen and oxygen atoms in total. The zero-order valence-electron chi connectivity index (χ0n) is 9.47. The summed E-state index contributed by atoms with van der Waals surface area (Å²) in [5, 5.41) is 0. The summed E-state index contributed by atoms with van der Waals surface area (Å²) in [6.07, 6.45) is -1.46. The lowest BCUT2D eigenvalue weighted by Gasteiger charge is -2.11. The quantitative estimate of drug-likeness (QED) is 0.474. The van der Waals surface area contributed by atoms with Crippen LogP contribution >= 0.6 is 22.6 Å². The average molecular weight is 355 g/mol. The Morgan fingerprint density at radius 2 is 2.24 bits per heavy atom. The summed E-state index contributed by atoms with van der Waals surface area (Å²) in [5.41, 5.74) is 0.791. The maximum Gasteiger partial charge on any atom is 0.310 e. The molecule has 0 aliphatic carbocycles. The van der Waals surface area contributed by atoms with Crippen molar-refractivity contribution in [1.29, 1.82) is 0 Å². The Hall–Kier alpha value is -0.790. The number of hydrogen-bond acceptors (Lipinski definition) is 3.